The average Bonchev–Trinajstić information content (AvgIpc) is 2.46. The zero-order valence-corrected chi connectivity index (χ0v) is 13.1. The fourth-order valence-corrected chi connectivity index (χ4v) is 3.39. The predicted octanol–water partition coefficient (Wildman–Crippen LogP) is 3.80. The van der Waals surface area contributed by atoms with Crippen molar-refractivity contribution in [2.45, 2.75) is 17.6 Å². The largest absolute Gasteiger partial charge is 0.416 e. The normalized spacial score (nSPS) is 12.6. The Balaban J connectivity index is 2.42. The van der Waals surface area contributed by atoms with Gasteiger partial charge in [0.15, 0.2) is 4.90 Å². The molecule has 130 valence electrons. The lowest BCUT2D eigenvalue weighted by Gasteiger charge is -2.20. The summed E-state index contributed by atoms with van der Waals surface area (Å²) in [5.41, 5.74) is -1.34. The molecule has 0 aliphatic heterocycles. The third-order valence-corrected chi connectivity index (χ3v) is 5.16. The summed E-state index contributed by atoms with van der Waals surface area (Å²) >= 11 is 0. The maximum Gasteiger partial charge on any atom is 0.416 e. The molecule has 2 aromatic carbocycles. The van der Waals surface area contributed by atoms with Crippen LogP contribution in [0.3, 0.4) is 0 Å². The van der Waals surface area contributed by atoms with Crippen molar-refractivity contribution in [3.05, 3.63) is 65.2 Å². The minimum atomic E-state index is -4.68. The molecule has 0 aromatic heterocycles. The van der Waals surface area contributed by atoms with E-state index in [1.54, 1.807) is 0 Å². The van der Waals surface area contributed by atoms with Gasteiger partial charge in [-0.3, -0.25) is 0 Å². The minimum absolute atomic E-state index is 0.326. The van der Waals surface area contributed by atoms with Crippen molar-refractivity contribution in [1.82, 2.24) is 4.31 Å². The first-order valence-corrected chi connectivity index (χ1v) is 8.04. The molecule has 0 saturated carbocycles. The van der Waals surface area contributed by atoms with Crippen LogP contribution in [0.15, 0.2) is 47.4 Å². The van der Waals surface area contributed by atoms with Crippen molar-refractivity contribution in [3.63, 3.8) is 0 Å². The lowest BCUT2D eigenvalue weighted by atomic mass is 10.1. The first-order chi connectivity index (χ1) is 11.0. The second-order valence-electron chi connectivity index (χ2n) is 4.97. The number of rotatable bonds is 4. The number of halogens is 5. The molecule has 0 unspecified atom stereocenters. The van der Waals surface area contributed by atoms with E-state index in [0.717, 1.165) is 43.4 Å². The van der Waals surface area contributed by atoms with E-state index in [9.17, 15) is 30.4 Å². The van der Waals surface area contributed by atoms with Crippen molar-refractivity contribution in [1.29, 1.82) is 0 Å². The highest BCUT2D eigenvalue weighted by Crippen LogP contribution is 2.33. The Kier molecular flexibility index (Phi) is 4.95. The van der Waals surface area contributed by atoms with E-state index < -0.39 is 44.8 Å². The van der Waals surface area contributed by atoms with Gasteiger partial charge in [0.05, 0.1) is 5.56 Å². The lowest BCUT2D eigenvalue weighted by molar-refractivity contribution is -0.138. The SMILES string of the molecule is CN(Cc1ccccc1C(F)(F)F)S(=O)(=O)c1c(F)cccc1F. The molecule has 0 atom stereocenters. The van der Waals surface area contributed by atoms with Crippen LogP contribution < -0.4 is 0 Å². The van der Waals surface area contributed by atoms with Crippen molar-refractivity contribution in [2.24, 2.45) is 0 Å². The maximum atomic E-state index is 13.7. The standard InChI is InChI=1S/C15H12F5NO2S/c1-21(9-10-5-2-3-6-11(10)15(18,19)20)24(22,23)14-12(16)7-4-8-13(14)17/h2-8H,9H2,1H3. The van der Waals surface area contributed by atoms with Gasteiger partial charge in [0.25, 0.3) is 0 Å². The summed E-state index contributed by atoms with van der Waals surface area (Å²) in [6.45, 7) is -0.689. The maximum absolute atomic E-state index is 13.7. The average molecular weight is 365 g/mol. The Labute approximate surface area is 135 Å². The van der Waals surface area contributed by atoms with Crippen molar-refractivity contribution in [2.75, 3.05) is 7.05 Å². The highest BCUT2D eigenvalue weighted by Gasteiger charge is 2.35. The predicted molar refractivity (Wildman–Crippen MR) is 76.5 cm³/mol. The Morgan fingerprint density at radius 2 is 1.50 bits per heavy atom. The topological polar surface area (TPSA) is 37.4 Å². The molecular formula is C15H12F5NO2S. The van der Waals surface area contributed by atoms with Gasteiger partial charge in [0.1, 0.15) is 11.6 Å². The van der Waals surface area contributed by atoms with Gasteiger partial charge in [-0.2, -0.15) is 17.5 Å². The van der Waals surface area contributed by atoms with E-state index >= 15 is 0 Å². The van der Waals surface area contributed by atoms with Crippen molar-refractivity contribution < 1.29 is 30.4 Å². The minimum Gasteiger partial charge on any atom is -0.207 e. The molecule has 2 rings (SSSR count). The van der Waals surface area contributed by atoms with Crippen LogP contribution in [0.4, 0.5) is 22.0 Å². The third-order valence-electron chi connectivity index (χ3n) is 3.30. The van der Waals surface area contributed by atoms with Gasteiger partial charge in [0, 0.05) is 13.6 Å². The number of benzene rings is 2. The van der Waals surface area contributed by atoms with Gasteiger partial charge in [-0.25, -0.2) is 17.2 Å². The Hall–Kier alpha value is -2.00. The number of nitrogens with zero attached hydrogens (tertiary/aromatic N) is 1. The first-order valence-electron chi connectivity index (χ1n) is 6.60. The van der Waals surface area contributed by atoms with Crippen LogP contribution in [0.25, 0.3) is 0 Å². The lowest BCUT2D eigenvalue weighted by Crippen LogP contribution is -2.29. The van der Waals surface area contributed by atoms with Crippen molar-refractivity contribution >= 4 is 10.0 Å². The fraction of sp³-hybridized carbons (Fsp3) is 0.200. The van der Waals surface area contributed by atoms with Crippen LogP contribution in [-0.2, 0) is 22.7 Å². The number of hydrogen-bond donors (Lipinski definition) is 0. The molecule has 0 radical (unpaired) electrons. The summed E-state index contributed by atoms with van der Waals surface area (Å²) in [6, 6.07) is 6.89. The van der Waals surface area contributed by atoms with E-state index in [1.807, 2.05) is 0 Å². The molecule has 9 heteroatoms. The molecule has 24 heavy (non-hydrogen) atoms. The summed E-state index contributed by atoms with van der Waals surface area (Å²) in [4.78, 5) is -1.20. The molecule has 0 amide bonds. The van der Waals surface area contributed by atoms with E-state index in [2.05, 4.69) is 0 Å². The van der Waals surface area contributed by atoms with Crippen LogP contribution in [0.1, 0.15) is 11.1 Å². The van der Waals surface area contributed by atoms with Gasteiger partial charge in [-0.05, 0) is 23.8 Å². The Morgan fingerprint density at radius 1 is 0.958 bits per heavy atom. The smallest absolute Gasteiger partial charge is 0.207 e. The molecule has 0 bridgehead atoms. The second-order valence-corrected chi connectivity index (χ2v) is 6.95. The molecule has 0 fully saturated rings. The van der Waals surface area contributed by atoms with E-state index in [-0.39, 0.29) is 5.56 Å². The van der Waals surface area contributed by atoms with Crippen molar-refractivity contribution in [3.8, 4) is 0 Å². The molecule has 0 aliphatic carbocycles. The zero-order valence-electron chi connectivity index (χ0n) is 12.3. The van der Waals surface area contributed by atoms with Gasteiger partial charge in [0.2, 0.25) is 10.0 Å². The fourth-order valence-electron chi connectivity index (χ4n) is 2.14. The van der Waals surface area contributed by atoms with Gasteiger partial charge in [-0.15, -0.1) is 0 Å². The number of hydrogen-bond acceptors (Lipinski definition) is 2. The number of sulfonamides is 1. The van der Waals surface area contributed by atoms with Crippen LogP contribution in [0.5, 0.6) is 0 Å². The first kappa shape index (κ1) is 18.3. The molecule has 0 aliphatic rings. The highest BCUT2D eigenvalue weighted by molar-refractivity contribution is 7.89. The van der Waals surface area contributed by atoms with Gasteiger partial charge >= 0.3 is 6.18 Å². The molecule has 0 heterocycles. The molecule has 0 saturated heterocycles. The molecule has 2 aromatic rings. The number of alkyl halides is 3. The summed E-state index contributed by atoms with van der Waals surface area (Å²) in [6.07, 6.45) is -4.68. The van der Waals surface area contributed by atoms with Crippen LogP contribution >= 0.6 is 0 Å². The molecular weight excluding hydrogens is 353 g/mol. The van der Waals surface area contributed by atoms with Crippen LogP contribution in [0, 0.1) is 11.6 Å². The van der Waals surface area contributed by atoms with Crippen LogP contribution in [0.2, 0.25) is 0 Å². The summed E-state index contributed by atoms with van der Waals surface area (Å²) < 4.78 is 91.3. The molecule has 0 N–H and O–H groups in total. The van der Waals surface area contributed by atoms with E-state index in [0.29, 0.717) is 4.31 Å². The Bertz CT molecular complexity index is 829. The monoisotopic (exact) mass is 365 g/mol. The van der Waals surface area contributed by atoms with E-state index in [4.69, 9.17) is 0 Å². The third kappa shape index (κ3) is 3.57. The van der Waals surface area contributed by atoms with Gasteiger partial charge < -0.3 is 0 Å². The molecule has 0 spiro atoms. The highest BCUT2D eigenvalue weighted by atomic mass is 32.2. The van der Waals surface area contributed by atoms with E-state index in [1.165, 1.54) is 6.07 Å². The van der Waals surface area contributed by atoms with Gasteiger partial charge in [-0.1, -0.05) is 24.3 Å². The summed E-state index contributed by atoms with van der Waals surface area (Å²) in [5, 5.41) is 0. The van der Waals surface area contributed by atoms with Crippen LogP contribution in [-0.4, -0.2) is 19.8 Å². The summed E-state index contributed by atoms with van der Waals surface area (Å²) in [7, 11) is -3.69. The molecule has 3 nitrogen and oxygen atoms in total. The Morgan fingerprint density at radius 3 is 2.04 bits per heavy atom. The quantitative estimate of drug-likeness (QED) is 0.773. The summed E-state index contributed by atoms with van der Waals surface area (Å²) in [5.74, 6) is -2.63. The second kappa shape index (κ2) is 6.48. The zero-order chi connectivity index (χ0) is 18.1.